The molecule has 0 bridgehead atoms. The Bertz CT molecular complexity index is 1520. The van der Waals surface area contributed by atoms with Crippen molar-refractivity contribution in [1.29, 1.82) is 0 Å². The monoisotopic (exact) mass is 575 g/mol. The second-order valence-corrected chi connectivity index (χ2v) is 10.3. The van der Waals surface area contributed by atoms with Gasteiger partial charge in [0.05, 0.1) is 39.7 Å². The third-order valence-corrected chi connectivity index (χ3v) is 7.58. The number of nitrogens with zero attached hydrogens (tertiary/aromatic N) is 2. The summed E-state index contributed by atoms with van der Waals surface area (Å²) in [5.41, 5.74) is 4.82. The average molecular weight is 576 g/mol. The van der Waals surface area contributed by atoms with Gasteiger partial charge in [-0.1, -0.05) is 49.2 Å². The van der Waals surface area contributed by atoms with Gasteiger partial charge in [0, 0.05) is 22.7 Å². The van der Waals surface area contributed by atoms with Crippen molar-refractivity contribution in [2.45, 2.75) is 32.2 Å². The van der Waals surface area contributed by atoms with E-state index in [0.29, 0.717) is 59.0 Å². The van der Waals surface area contributed by atoms with Gasteiger partial charge in [-0.2, -0.15) is 5.10 Å². The summed E-state index contributed by atoms with van der Waals surface area (Å²) < 4.78 is 22.6. The van der Waals surface area contributed by atoms with E-state index in [0.717, 1.165) is 35.1 Å². The van der Waals surface area contributed by atoms with Gasteiger partial charge in [-0.05, 0) is 60.4 Å². The van der Waals surface area contributed by atoms with Crippen LogP contribution >= 0.6 is 11.6 Å². The summed E-state index contributed by atoms with van der Waals surface area (Å²) in [6.45, 7) is 3.20. The van der Waals surface area contributed by atoms with Gasteiger partial charge >= 0.3 is 0 Å². The number of methoxy groups -OCH3 is 3. The van der Waals surface area contributed by atoms with Crippen molar-refractivity contribution >= 4 is 17.5 Å². The quantitative estimate of drug-likeness (QED) is 0.189. The molecule has 214 valence electrons. The van der Waals surface area contributed by atoms with Gasteiger partial charge in [0.2, 0.25) is 0 Å². The van der Waals surface area contributed by atoms with Crippen molar-refractivity contribution in [3.63, 3.8) is 0 Å². The fraction of sp³-hybridized carbons (Fsp3) is 0.312. The fourth-order valence-electron chi connectivity index (χ4n) is 5.19. The minimum absolute atomic E-state index is 0.111. The number of aromatic nitrogens is 2. The highest BCUT2D eigenvalue weighted by atomic mass is 35.5. The predicted molar refractivity (Wildman–Crippen MR) is 159 cm³/mol. The van der Waals surface area contributed by atoms with E-state index >= 15 is 0 Å². The van der Waals surface area contributed by atoms with Crippen LogP contribution < -0.4 is 18.9 Å². The summed E-state index contributed by atoms with van der Waals surface area (Å²) in [5.74, 6) is 2.50. The Morgan fingerprint density at radius 3 is 2.32 bits per heavy atom. The van der Waals surface area contributed by atoms with Crippen LogP contribution in [0.4, 0.5) is 0 Å². The van der Waals surface area contributed by atoms with Crippen LogP contribution in [0.3, 0.4) is 0 Å². The molecular formula is C32H34ClN3O5. The molecule has 3 aromatic carbocycles. The number of aromatic amines is 1. The molecule has 5 rings (SSSR count). The highest BCUT2D eigenvalue weighted by Gasteiger charge is 2.42. The Kier molecular flexibility index (Phi) is 8.69. The molecule has 1 aromatic heterocycles. The first-order chi connectivity index (χ1) is 20.0. The SMILES string of the molecule is CCCCOc1ccc(C2c3c(-c4ccc(Cl)cc4)n[nH]c3C(=O)N2CCc2ccc(OC)c(OC)c2)cc1OC. The summed E-state index contributed by atoms with van der Waals surface area (Å²) in [5, 5.41) is 8.22. The van der Waals surface area contributed by atoms with E-state index < -0.39 is 0 Å². The molecule has 0 aliphatic carbocycles. The molecule has 1 N–H and O–H groups in total. The second-order valence-electron chi connectivity index (χ2n) is 9.82. The van der Waals surface area contributed by atoms with E-state index in [1.807, 2.05) is 65.6 Å². The lowest BCUT2D eigenvalue weighted by Crippen LogP contribution is -2.31. The molecule has 4 aromatic rings. The van der Waals surface area contributed by atoms with Gasteiger partial charge in [-0.25, -0.2) is 0 Å². The number of hydrogen-bond donors (Lipinski definition) is 1. The largest absolute Gasteiger partial charge is 0.493 e. The maximum absolute atomic E-state index is 13.9. The van der Waals surface area contributed by atoms with Gasteiger partial charge < -0.3 is 23.8 Å². The minimum atomic E-state index is -0.388. The molecule has 9 heteroatoms. The summed E-state index contributed by atoms with van der Waals surface area (Å²) in [7, 11) is 4.85. The van der Waals surface area contributed by atoms with Crippen molar-refractivity contribution in [2.24, 2.45) is 0 Å². The Morgan fingerprint density at radius 2 is 1.61 bits per heavy atom. The summed E-state index contributed by atoms with van der Waals surface area (Å²) in [6.07, 6.45) is 2.61. The Hall–Kier alpha value is -4.17. The van der Waals surface area contributed by atoms with Crippen molar-refractivity contribution in [2.75, 3.05) is 34.5 Å². The van der Waals surface area contributed by atoms with E-state index in [2.05, 4.69) is 17.1 Å². The Morgan fingerprint density at radius 1 is 0.902 bits per heavy atom. The number of hydrogen-bond acceptors (Lipinski definition) is 6. The molecule has 1 aliphatic heterocycles. The Balaban J connectivity index is 1.53. The maximum Gasteiger partial charge on any atom is 0.273 e. The molecule has 0 saturated heterocycles. The molecule has 1 amide bonds. The molecule has 2 heterocycles. The number of nitrogens with one attached hydrogen (secondary N) is 1. The normalized spacial score (nSPS) is 14.2. The lowest BCUT2D eigenvalue weighted by atomic mass is 9.95. The van der Waals surface area contributed by atoms with Crippen molar-refractivity contribution in [1.82, 2.24) is 15.1 Å². The highest BCUT2D eigenvalue weighted by Crippen LogP contribution is 2.45. The first-order valence-electron chi connectivity index (χ1n) is 13.7. The number of halogens is 1. The maximum atomic E-state index is 13.9. The molecule has 8 nitrogen and oxygen atoms in total. The standard InChI is InChI=1S/C32H34ClN3O5/c1-5-6-17-41-25-14-10-22(19-27(25)40-4)31-28-29(21-8-11-23(33)12-9-21)34-35-30(28)32(37)36(31)16-15-20-7-13-24(38-2)26(18-20)39-3/h7-14,18-19,31H,5-6,15-17H2,1-4H3,(H,34,35). The molecule has 0 fully saturated rings. The van der Waals surface area contributed by atoms with Crippen molar-refractivity contribution in [3.8, 4) is 34.3 Å². The van der Waals surface area contributed by atoms with Crippen LogP contribution in [-0.4, -0.2) is 55.5 Å². The molecular weight excluding hydrogens is 542 g/mol. The molecule has 0 saturated carbocycles. The van der Waals surface area contributed by atoms with Crippen LogP contribution in [0.25, 0.3) is 11.3 Å². The highest BCUT2D eigenvalue weighted by molar-refractivity contribution is 6.30. The first kappa shape index (κ1) is 28.4. The van der Waals surface area contributed by atoms with E-state index in [-0.39, 0.29) is 11.9 Å². The van der Waals surface area contributed by atoms with E-state index in [1.165, 1.54) is 0 Å². The number of benzene rings is 3. The third kappa shape index (κ3) is 5.70. The number of fused-ring (bicyclic) bond motifs is 1. The number of carbonyl (C=O) groups is 1. The first-order valence-corrected chi connectivity index (χ1v) is 14.0. The van der Waals surface area contributed by atoms with Gasteiger partial charge in [0.15, 0.2) is 23.0 Å². The van der Waals surface area contributed by atoms with Crippen molar-refractivity contribution < 1.29 is 23.7 Å². The second kappa shape index (κ2) is 12.6. The van der Waals surface area contributed by atoms with Crippen LogP contribution in [0.5, 0.6) is 23.0 Å². The number of ether oxygens (including phenoxy) is 4. The van der Waals surface area contributed by atoms with Crippen LogP contribution in [0.2, 0.25) is 5.02 Å². The van der Waals surface area contributed by atoms with Gasteiger partial charge in [0.25, 0.3) is 5.91 Å². The third-order valence-electron chi connectivity index (χ3n) is 7.33. The summed E-state index contributed by atoms with van der Waals surface area (Å²) in [4.78, 5) is 15.7. The van der Waals surface area contributed by atoms with Gasteiger partial charge in [-0.3, -0.25) is 9.89 Å². The average Bonchev–Trinajstić information content (AvgIpc) is 3.55. The number of carbonyl (C=O) groups excluding carboxylic acids is 1. The number of unbranched alkanes of at least 4 members (excludes halogenated alkanes) is 1. The predicted octanol–water partition coefficient (Wildman–Crippen LogP) is 6.72. The smallest absolute Gasteiger partial charge is 0.273 e. The van der Waals surface area contributed by atoms with Crippen LogP contribution in [-0.2, 0) is 6.42 Å². The van der Waals surface area contributed by atoms with E-state index in [1.54, 1.807) is 21.3 Å². The Labute approximate surface area is 245 Å². The lowest BCUT2D eigenvalue weighted by molar-refractivity contribution is 0.0745. The zero-order valence-electron chi connectivity index (χ0n) is 23.7. The fourth-order valence-corrected chi connectivity index (χ4v) is 5.31. The van der Waals surface area contributed by atoms with Crippen LogP contribution in [0.1, 0.15) is 53.0 Å². The van der Waals surface area contributed by atoms with Crippen LogP contribution in [0, 0.1) is 0 Å². The molecule has 1 aliphatic rings. The van der Waals surface area contributed by atoms with Gasteiger partial charge in [-0.15, -0.1) is 0 Å². The molecule has 1 unspecified atom stereocenters. The number of rotatable bonds is 12. The van der Waals surface area contributed by atoms with Gasteiger partial charge in [0.1, 0.15) is 5.69 Å². The van der Waals surface area contributed by atoms with Crippen molar-refractivity contribution in [3.05, 3.63) is 88.1 Å². The van der Waals surface area contributed by atoms with E-state index in [9.17, 15) is 4.79 Å². The minimum Gasteiger partial charge on any atom is -0.493 e. The molecule has 1 atom stereocenters. The number of H-pyrrole nitrogens is 1. The lowest BCUT2D eigenvalue weighted by Gasteiger charge is -2.27. The zero-order valence-corrected chi connectivity index (χ0v) is 24.5. The topological polar surface area (TPSA) is 85.9 Å². The van der Waals surface area contributed by atoms with Crippen LogP contribution in [0.15, 0.2) is 60.7 Å². The summed E-state index contributed by atoms with van der Waals surface area (Å²) in [6, 6.07) is 18.8. The number of amides is 1. The van der Waals surface area contributed by atoms with E-state index in [4.69, 9.17) is 30.5 Å². The molecule has 0 radical (unpaired) electrons. The zero-order chi connectivity index (χ0) is 28.9. The molecule has 0 spiro atoms. The summed E-state index contributed by atoms with van der Waals surface area (Å²) >= 11 is 6.16. The molecule has 41 heavy (non-hydrogen) atoms.